The molecule has 2 fully saturated rings. The number of pyridine rings is 1. The summed E-state index contributed by atoms with van der Waals surface area (Å²) in [6.45, 7) is 2.24. The highest BCUT2D eigenvalue weighted by atomic mass is 19.3. The molecular formula is C29H28F3N5O3. The summed E-state index contributed by atoms with van der Waals surface area (Å²) in [6, 6.07) is 7.91. The summed E-state index contributed by atoms with van der Waals surface area (Å²) in [6.07, 6.45) is 6.70. The smallest absolute Gasteiger partial charge is 0.387 e. The van der Waals surface area contributed by atoms with Gasteiger partial charge in [-0.2, -0.15) is 8.78 Å². The lowest BCUT2D eigenvalue weighted by Gasteiger charge is -2.31. The Kier molecular flexibility index (Phi) is 6.59. The summed E-state index contributed by atoms with van der Waals surface area (Å²) in [5.41, 5.74) is 2.59. The summed E-state index contributed by atoms with van der Waals surface area (Å²) in [5.74, 6) is 0.255. The fourth-order valence-electron chi connectivity index (χ4n) is 5.77. The number of esters is 1. The number of imidazole rings is 1. The number of aryl methyl sites for hydroxylation is 1. The molecule has 8 nitrogen and oxygen atoms in total. The molecular weight excluding hydrogens is 523 g/mol. The van der Waals surface area contributed by atoms with E-state index < -0.39 is 17.8 Å². The van der Waals surface area contributed by atoms with Crippen molar-refractivity contribution in [2.45, 2.75) is 39.7 Å². The van der Waals surface area contributed by atoms with Gasteiger partial charge in [0.05, 0.1) is 17.7 Å². The molecule has 4 aromatic rings. The normalized spacial score (nSPS) is 20.1. The summed E-state index contributed by atoms with van der Waals surface area (Å²) >= 11 is 0. The van der Waals surface area contributed by atoms with Gasteiger partial charge in [0, 0.05) is 66.6 Å². The third-order valence-corrected chi connectivity index (χ3v) is 7.92. The quantitative estimate of drug-likeness (QED) is 0.278. The van der Waals surface area contributed by atoms with Gasteiger partial charge in [-0.15, -0.1) is 0 Å². The summed E-state index contributed by atoms with van der Waals surface area (Å²) in [7, 11) is 0. The number of alkyl halides is 2. The average Bonchev–Trinajstić information content (AvgIpc) is 3.61. The van der Waals surface area contributed by atoms with E-state index in [1.165, 1.54) is 12.1 Å². The number of aromatic nitrogens is 4. The first-order valence-electron chi connectivity index (χ1n) is 13.2. The molecule has 2 unspecified atom stereocenters. The Labute approximate surface area is 228 Å². The fraction of sp³-hybridized carbons (Fsp3) is 0.379. The van der Waals surface area contributed by atoms with Gasteiger partial charge in [-0.1, -0.05) is 18.2 Å². The Balaban J connectivity index is 1.28. The van der Waals surface area contributed by atoms with E-state index in [4.69, 9.17) is 9.47 Å². The van der Waals surface area contributed by atoms with Crippen LogP contribution in [0.1, 0.15) is 36.7 Å². The Hall–Kier alpha value is -4.15. The number of halogens is 3. The van der Waals surface area contributed by atoms with Crippen LogP contribution in [0.15, 0.2) is 48.9 Å². The van der Waals surface area contributed by atoms with Crippen LogP contribution in [-0.4, -0.2) is 51.6 Å². The van der Waals surface area contributed by atoms with E-state index in [0.717, 1.165) is 25.1 Å². The first kappa shape index (κ1) is 26.1. The van der Waals surface area contributed by atoms with Crippen LogP contribution in [-0.2, 0) is 16.0 Å². The van der Waals surface area contributed by atoms with Gasteiger partial charge in [-0.3, -0.25) is 4.79 Å². The van der Waals surface area contributed by atoms with Gasteiger partial charge < -0.3 is 18.8 Å². The zero-order chi connectivity index (χ0) is 28.0. The maximum atomic E-state index is 15.2. The Bertz CT molecular complexity index is 1580. The second-order valence-corrected chi connectivity index (χ2v) is 10.3. The van der Waals surface area contributed by atoms with Gasteiger partial charge in [0.25, 0.3) is 0 Å². The van der Waals surface area contributed by atoms with Crippen LogP contribution < -0.4 is 9.64 Å². The van der Waals surface area contributed by atoms with Crippen LogP contribution in [0, 0.1) is 24.1 Å². The summed E-state index contributed by atoms with van der Waals surface area (Å²) < 4.78 is 52.9. The molecule has 1 aliphatic heterocycles. The van der Waals surface area contributed by atoms with E-state index in [1.807, 2.05) is 4.90 Å². The zero-order valence-corrected chi connectivity index (χ0v) is 22.1. The lowest BCUT2D eigenvalue weighted by molar-refractivity contribution is -0.150. The molecule has 1 saturated carbocycles. The van der Waals surface area contributed by atoms with E-state index in [-0.39, 0.29) is 23.7 Å². The van der Waals surface area contributed by atoms with Crippen LogP contribution in [0.3, 0.4) is 0 Å². The maximum absolute atomic E-state index is 15.2. The highest BCUT2D eigenvalue weighted by Gasteiger charge is 2.63. The van der Waals surface area contributed by atoms with Gasteiger partial charge in [-0.05, 0) is 38.7 Å². The number of rotatable bonds is 8. The van der Waals surface area contributed by atoms with Crippen molar-refractivity contribution in [2.75, 3.05) is 24.6 Å². The van der Waals surface area contributed by atoms with Crippen molar-refractivity contribution < 1.29 is 27.4 Å². The predicted octanol–water partition coefficient (Wildman–Crippen LogP) is 5.21. The number of piperidine rings is 1. The standard InChI is InChI=1S/C29H28F3N5O3/c1-3-39-26(38)29-12-20(29)8-9-36(16-29)28-33-13-19(14-34-28)21-15-37-23(17(2)35-25(37)11-22(21)30)10-18-6-4-5-7-24(18)40-27(31)32/h4-7,11,13-15,20,27H,3,8-10,12,16H2,1-2H3. The highest BCUT2D eigenvalue weighted by Crippen LogP contribution is 2.58. The van der Waals surface area contributed by atoms with Crippen molar-refractivity contribution in [3.05, 3.63) is 71.7 Å². The van der Waals surface area contributed by atoms with Crippen LogP contribution >= 0.6 is 0 Å². The Morgan fingerprint density at radius 2 is 2.00 bits per heavy atom. The van der Waals surface area contributed by atoms with Crippen LogP contribution in [0.25, 0.3) is 16.8 Å². The van der Waals surface area contributed by atoms with Crippen molar-refractivity contribution >= 4 is 17.6 Å². The molecule has 11 heteroatoms. The minimum atomic E-state index is -2.94. The molecule has 1 aliphatic carbocycles. The van der Waals surface area contributed by atoms with Crippen molar-refractivity contribution in [3.8, 4) is 16.9 Å². The molecule has 1 aromatic carbocycles. The number of carbonyl (C=O) groups is 1. The number of hydrogen-bond acceptors (Lipinski definition) is 7. The molecule has 0 radical (unpaired) electrons. The SMILES string of the molecule is CCOC(=O)C12CC1CCN(c1ncc(-c3cn4c(Cc5ccccc5OC(F)F)c(C)nc4cc3F)cn1)C2. The number of nitrogens with zero attached hydrogens (tertiary/aromatic N) is 5. The number of para-hydroxylation sites is 1. The molecule has 0 spiro atoms. The average molecular weight is 552 g/mol. The largest absolute Gasteiger partial charge is 0.466 e. The fourth-order valence-corrected chi connectivity index (χ4v) is 5.77. The van der Waals surface area contributed by atoms with Gasteiger partial charge in [-0.25, -0.2) is 19.3 Å². The van der Waals surface area contributed by atoms with Gasteiger partial charge in [0.1, 0.15) is 17.2 Å². The lowest BCUT2D eigenvalue weighted by Crippen LogP contribution is -2.42. The number of fused-ring (bicyclic) bond motifs is 2. The van der Waals surface area contributed by atoms with Crippen LogP contribution in [0.2, 0.25) is 0 Å². The molecule has 0 amide bonds. The third kappa shape index (κ3) is 4.63. The van der Waals surface area contributed by atoms with Crippen LogP contribution in [0.5, 0.6) is 5.75 Å². The van der Waals surface area contributed by atoms with Gasteiger partial charge in [0.2, 0.25) is 5.95 Å². The van der Waals surface area contributed by atoms with Gasteiger partial charge in [0.15, 0.2) is 0 Å². The molecule has 6 rings (SSSR count). The monoisotopic (exact) mass is 551 g/mol. The molecule has 40 heavy (non-hydrogen) atoms. The van der Waals surface area contributed by atoms with Crippen molar-refractivity contribution in [1.82, 2.24) is 19.4 Å². The second kappa shape index (κ2) is 10.1. The highest BCUT2D eigenvalue weighted by molar-refractivity contribution is 5.82. The van der Waals surface area contributed by atoms with Crippen molar-refractivity contribution in [1.29, 1.82) is 0 Å². The number of carbonyl (C=O) groups excluding carboxylic acids is 1. The molecule has 0 bridgehead atoms. The summed E-state index contributed by atoms with van der Waals surface area (Å²) in [4.78, 5) is 28.0. The Morgan fingerprint density at radius 3 is 2.75 bits per heavy atom. The van der Waals surface area contributed by atoms with Crippen molar-refractivity contribution in [2.24, 2.45) is 11.3 Å². The van der Waals surface area contributed by atoms with E-state index in [9.17, 15) is 13.6 Å². The van der Waals surface area contributed by atoms with E-state index in [1.54, 1.807) is 55.0 Å². The number of benzene rings is 1. The predicted molar refractivity (Wildman–Crippen MR) is 141 cm³/mol. The van der Waals surface area contributed by atoms with Gasteiger partial charge >= 0.3 is 12.6 Å². The topological polar surface area (TPSA) is 81.9 Å². The van der Waals surface area contributed by atoms with E-state index in [2.05, 4.69) is 15.0 Å². The Morgan fingerprint density at radius 1 is 1.23 bits per heavy atom. The van der Waals surface area contributed by atoms with E-state index in [0.29, 0.717) is 47.5 Å². The minimum absolute atomic E-state index is 0.0816. The molecule has 3 aromatic heterocycles. The number of anilines is 1. The molecule has 0 N–H and O–H groups in total. The number of ether oxygens (including phenoxy) is 2. The first-order chi connectivity index (χ1) is 19.3. The van der Waals surface area contributed by atoms with Crippen molar-refractivity contribution in [3.63, 3.8) is 0 Å². The lowest BCUT2D eigenvalue weighted by atomic mass is 9.97. The van der Waals surface area contributed by atoms with E-state index >= 15 is 4.39 Å². The number of hydrogen-bond donors (Lipinski definition) is 0. The molecule has 2 atom stereocenters. The van der Waals surface area contributed by atoms with Crippen LogP contribution in [0.4, 0.5) is 19.1 Å². The second-order valence-electron chi connectivity index (χ2n) is 10.3. The molecule has 2 aliphatic rings. The molecule has 208 valence electrons. The first-order valence-corrected chi connectivity index (χ1v) is 13.2. The third-order valence-electron chi connectivity index (χ3n) is 7.92. The zero-order valence-electron chi connectivity index (χ0n) is 22.1. The summed E-state index contributed by atoms with van der Waals surface area (Å²) in [5, 5.41) is 0. The minimum Gasteiger partial charge on any atom is -0.466 e. The molecule has 4 heterocycles. The molecule has 1 saturated heterocycles. The maximum Gasteiger partial charge on any atom is 0.387 e.